The zero-order valence-corrected chi connectivity index (χ0v) is 16.7. The number of nitrogens with zero attached hydrogens (tertiary/aromatic N) is 3. The molecule has 7 nitrogen and oxygen atoms in total. The van der Waals surface area contributed by atoms with E-state index in [1.165, 1.54) is 0 Å². The van der Waals surface area contributed by atoms with Crippen molar-refractivity contribution in [2.45, 2.75) is 38.3 Å². The summed E-state index contributed by atoms with van der Waals surface area (Å²) in [5, 5.41) is 6.30. The topological polar surface area (TPSA) is 79.3 Å². The molecule has 2 saturated heterocycles. The number of piperidine rings is 1. The Morgan fingerprint density at radius 2 is 2.03 bits per heavy atom. The molecule has 1 aromatic carbocycles. The molecule has 2 aliphatic heterocycles. The number of amides is 2. The van der Waals surface area contributed by atoms with Gasteiger partial charge in [0.05, 0.1) is 12.4 Å². The summed E-state index contributed by atoms with van der Waals surface area (Å²) >= 11 is 0. The van der Waals surface area contributed by atoms with Gasteiger partial charge in [0, 0.05) is 44.1 Å². The predicted octanol–water partition coefficient (Wildman–Crippen LogP) is 1.65. The Kier molecular flexibility index (Phi) is 6.24. The van der Waals surface area contributed by atoms with Gasteiger partial charge in [-0.05, 0) is 55.8 Å². The Bertz CT molecular complexity index is 812. The first-order valence-corrected chi connectivity index (χ1v) is 10.5. The van der Waals surface area contributed by atoms with Crippen molar-refractivity contribution >= 4 is 11.8 Å². The van der Waals surface area contributed by atoms with Gasteiger partial charge in [0.2, 0.25) is 5.91 Å². The summed E-state index contributed by atoms with van der Waals surface area (Å²) in [5.41, 5.74) is 1.86. The highest BCUT2D eigenvalue weighted by molar-refractivity contribution is 5.94. The van der Waals surface area contributed by atoms with Gasteiger partial charge in [0.15, 0.2) is 0 Å². The van der Waals surface area contributed by atoms with E-state index < -0.39 is 0 Å². The number of carbonyl (C=O) groups excluding carboxylic acids is 2. The van der Waals surface area contributed by atoms with Crippen LogP contribution < -0.4 is 10.6 Å². The molecule has 2 aliphatic rings. The normalized spacial score (nSPS) is 21.9. The molecule has 0 radical (unpaired) electrons. The van der Waals surface area contributed by atoms with Crippen molar-refractivity contribution in [2.75, 3.05) is 26.2 Å². The van der Waals surface area contributed by atoms with Crippen molar-refractivity contribution in [3.8, 4) is 0 Å². The first-order chi connectivity index (χ1) is 14.2. The lowest BCUT2D eigenvalue weighted by atomic mass is 9.97. The number of hydrogen-bond acceptors (Lipinski definition) is 4. The molecule has 2 fully saturated rings. The second kappa shape index (κ2) is 9.22. The zero-order valence-electron chi connectivity index (χ0n) is 16.7. The molecule has 0 saturated carbocycles. The first-order valence-electron chi connectivity index (χ1n) is 10.5. The number of rotatable bonds is 6. The van der Waals surface area contributed by atoms with Crippen LogP contribution in [0.5, 0.6) is 0 Å². The van der Waals surface area contributed by atoms with Crippen LogP contribution in [0.1, 0.15) is 41.6 Å². The molecule has 1 aromatic heterocycles. The van der Waals surface area contributed by atoms with Gasteiger partial charge in [-0.2, -0.15) is 0 Å². The lowest BCUT2D eigenvalue weighted by molar-refractivity contribution is -0.123. The molecule has 0 spiro atoms. The van der Waals surface area contributed by atoms with E-state index in [0.29, 0.717) is 19.0 Å². The molecule has 0 aliphatic carbocycles. The lowest BCUT2D eigenvalue weighted by Crippen LogP contribution is -2.46. The predicted molar refractivity (Wildman–Crippen MR) is 110 cm³/mol. The Morgan fingerprint density at radius 1 is 1.17 bits per heavy atom. The fourth-order valence-electron chi connectivity index (χ4n) is 4.22. The van der Waals surface area contributed by atoms with Crippen LogP contribution in [-0.4, -0.2) is 58.5 Å². The van der Waals surface area contributed by atoms with E-state index in [9.17, 15) is 9.59 Å². The standard InChI is InChI=1S/C22H29N5O2/c28-21(20-4-1-9-24-20)25-13-18-3-2-11-27(15-18)22(29)19-7-5-17(6-8-19)14-26-12-10-23-16-26/h5-8,10,12,16,18,20,24H,1-4,9,11,13-15H2,(H,25,28). The van der Waals surface area contributed by atoms with Crippen LogP contribution in [0.3, 0.4) is 0 Å². The van der Waals surface area contributed by atoms with E-state index in [2.05, 4.69) is 15.6 Å². The summed E-state index contributed by atoms with van der Waals surface area (Å²) in [6, 6.07) is 7.78. The van der Waals surface area contributed by atoms with Crippen LogP contribution >= 0.6 is 0 Å². The Labute approximate surface area is 171 Å². The summed E-state index contributed by atoms with van der Waals surface area (Å²) in [5.74, 6) is 0.491. The number of hydrogen-bond donors (Lipinski definition) is 2. The third-order valence-corrected chi connectivity index (χ3v) is 5.87. The molecule has 2 unspecified atom stereocenters. The maximum absolute atomic E-state index is 12.9. The molecular formula is C22H29N5O2. The average molecular weight is 396 g/mol. The van der Waals surface area contributed by atoms with Gasteiger partial charge in [-0.15, -0.1) is 0 Å². The number of nitrogens with one attached hydrogen (secondary N) is 2. The van der Waals surface area contributed by atoms with E-state index in [1.807, 2.05) is 39.9 Å². The highest BCUT2D eigenvalue weighted by Gasteiger charge is 2.26. The molecule has 154 valence electrons. The summed E-state index contributed by atoms with van der Waals surface area (Å²) in [4.78, 5) is 31.1. The Balaban J connectivity index is 1.29. The molecule has 3 heterocycles. The minimum absolute atomic E-state index is 0.0443. The average Bonchev–Trinajstić information content (AvgIpc) is 3.47. The van der Waals surface area contributed by atoms with Crippen LogP contribution in [0.2, 0.25) is 0 Å². The van der Waals surface area contributed by atoms with E-state index >= 15 is 0 Å². The SMILES string of the molecule is O=C(NCC1CCCN(C(=O)c2ccc(Cn3ccnc3)cc2)C1)C1CCCN1. The fourth-order valence-corrected chi connectivity index (χ4v) is 4.22. The molecule has 2 atom stereocenters. The van der Waals surface area contributed by atoms with Gasteiger partial charge < -0.3 is 20.1 Å². The van der Waals surface area contributed by atoms with Gasteiger partial charge >= 0.3 is 0 Å². The Hall–Kier alpha value is -2.67. The third kappa shape index (κ3) is 5.03. The van der Waals surface area contributed by atoms with Gasteiger partial charge in [-0.3, -0.25) is 9.59 Å². The number of aromatic nitrogens is 2. The number of carbonyl (C=O) groups is 2. The molecule has 2 amide bonds. The first kappa shape index (κ1) is 19.6. The van der Waals surface area contributed by atoms with E-state index in [4.69, 9.17) is 0 Å². The van der Waals surface area contributed by atoms with Crippen LogP contribution in [-0.2, 0) is 11.3 Å². The van der Waals surface area contributed by atoms with Crippen LogP contribution in [0.4, 0.5) is 0 Å². The quantitative estimate of drug-likeness (QED) is 0.780. The van der Waals surface area contributed by atoms with Crippen molar-refractivity contribution in [2.24, 2.45) is 5.92 Å². The fraction of sp³-hybridized carbons (Fsp3) is 0.500. The van der Waals surface area contributed by atoms with E-state index in [1.54, 1.807) is 12.5 Å². The van der Waals surface area contributed by atoms with Gasteiger partial charge in [-0.1, -0.05) is 12.1 Å². The van der Waals surface area contributed by atoms with Gasteiger partial charge in [0.25, 0.3) is 5.91 Å². The summed E-state index contributed by atoms with van der Waals surface area (Å²) < 4.78 is 2.00. The zero-order chi connectivity index (χ0) is 20.1. The van der Waals surface area contributed by atoms with Gasteiger partial charge in [-0.25, -0.2) is 4.98 Å². The van der Waals surface area contributed by atoms with Crippen molar-refractivity contribution in [3.63, 3.8) is 0 Å². The highest BCUT2D eigenvalue weighted by atomic mass is 16.2. The molecule has 7 heteroatoms. The summed E-state index contributed by atoms with van der Waals surface area (Å²) in [6.45, 7) is 3.80. The van der Waals surface area contributed by atoms with Crippen LogP contribution in [0.25, 0.3) is 0 Å². The second-order valence-corrected chi connectivity index (χ2v) is 8.09. The number of imidazole rings is 1. The van der Waals surface area contributed by atoms with Crippen LogP contribution in [0.15, 0.2) is 43.0 Å². The Morgan fingerprint density at radius 3 is 2.76 bits per heavy atom. The molecule has 2 aromatic rings. The maximum atomic E-state index is 12.9. The number of benzene rings is 1. The molecule has 29 heavy (non-hydrogen) atoms. The smallest absolute Gasteiger partial charge is 0.253 e. The summed E-state index contributed by atoms with van der Waals surface area (Å²) in [6.07, 6.45) is 9.47. The van der Waals surface area contributed by atoms with Gasteiger partial charge in [0.1, 0.15) is 0 Å². The van der Waals surface area contributed by atoms with E-state index in [0.717, 1.165) is 56.4 Å². The molecular weight excluding hydrogens is 366 g/mol. The van der Waals surface area contributed by atoms with Crippen LogP contribution in [0, 0.1) is 5.92 Å². The third-order valence-electron chi connectivity index (χ3n) is 5.87. The summed E-state index contributed by atoms with van der Waals surface area (Å²) in [7, 11) is 0. The lowest BCUT2D eigenvalue weighted by Gasteiger charge is -2.33. The second-order valence-electron chi connectivity index (χ2n) is 8.09. The number of likely N-dealkylation sites (tertiary alicyclic amines) is 1. The largest absolute Gasteiger partial charge is 0.354 e. The molecule has 0 bridgehead atoms. The maximum Gasteiger partial charge on any atom is 0.253 e. The minimum atomic E-state index is -0.0443. The molecule has 4 rings (SSSR count). The molecule has 2 N–H and O–H groups in total. The monoisotopic (exact) mass is 395 g/mol. The van der Waals surface area contributed by atoms with Crippen molar-refractivity contribution < 1.29 is 9.59 Å². The highest BCUT2D eigenvalue weighted by Crippen LogP contribution is 2.19. The minimum Gasteiger partial charge on any atom is -0.354 e. The van der Waals surface area contributed by atoms with Crippen molar-refractivity contribution in [1.29, 1.82) is 0 Å². The van der Waals surface area contributed by atoms with Crippen molar-refractivity contribution in [3.05, 3.63) is 54.1 Å². The van der Waals surface area contributed by atoms with Crippen molar-refractivity contribution in [1.82, 2.24) is 25.1 Å². The van der Waals surface area contributed by atoms with E-state index in [-0.39, 0.29) is 17.9 Å².